The van der Waals surface area contributed by atoms with Gasteiger partial charge in [0.15, 0.2) is 0 Å². The monoisotopic (exact) mass is 863 g/mol. The van der Waals surface area contributed by atoms with Crippen LogP contribution < -0.4 is 26.6 Å². The molecule has 7 amide bonds. The van der Waals surface area contributed by atoms with E-state index in [-0.39, 0.29) is 86.5 Å². The number of unbranched alkanes of at least 4 members (excludes halogenated alkanes) is 1. The first-order valence-electron chi connectivity index (χ1n) is 20.0. The molecule has 3 saturated heterocycles. The zero-order valence-corrected chi connectivity index (χ0v) is 34.8. The molecular weight excluding hydrogens is 815 g/mol. The Labute approximate surface area is 352 Å². The summed E-state index contributed by atoms with van der Waals surface area (Å²) in [6.07, 6.45) is 3.44. The molecule has 4 heterocycles. The minimum atomic E-state index is -3.44. The van der Waals surface area contributed by atoms with Gasteiger partial charge in [-0.3, -0.25) is 49.1 Å². The Balaban J connectivity index is 0.887. The van der Waals surface area contributed by atoms with Crippen molar-refractivity contribution in [2.45, 2.75) is 75.0 Å². The van der Waals surface area contributed by atoms with Gasteiger partial charge in [-0.15, -0.1) is 11.8 Å². The van der Waals surface area contributed by atoms with E-state index in [1.165, 1.54) is 16.4 Å². The lowest BCUT2D eigenvalue weighted by Gasteiger charge is -2.27. The maximum atomic E-state index is 13.5. The maximum absolute atomic E-state index is 13.5. The Kier molecular flexibility index (Phi) is 15.1. The summed E-state index contributed by atoms with van der Waals surface area (Å²) in [5.41, 5.74) is 1.59. The van der Waals surface area contributed by atoms with Crippen LogP contribution in [0.3, 0.4) is 0 Å². The molecule has 0 spiro atoms. The molecule has 320 valence electrons. The van der Waals surface area contributed by atoms with Crippen molar-refractivity contribution in [2.24, 2.45) is 5.92 Å². The van der Waals surface area contributed by atoms with E-state index in [0.717, 1.165) is 22.5 Å². The lowest BCUT2D eigenvalue weighted by molar-refractivity contribution is -0.136. The second kappa shape index (κ2) is 20.4. The molecule has 19 heteroatoms. The standard InChI is InChI=1S/C41H49N7O10S2/c1-60(56,57)47-20-17-28(24-47)36(51)43-31(37(52)46-41-44-32(25-59-41)27-10-5-2-6-11-27)18-22-58-21-8-12-34(49)42-19-7-3-4-9-26-13-14-29-30(23-26)40(55)48(39(29)54)33-15-16-35(50)45-38(33)53/h2,5-6,10-11,13-14,23,28,31-33,41,44H,3,7-8,12,15-22,24-25H2,1H3,(H,42,49)(H,43,51)(H,46,52)(H,45,50,53)/t28?,31-,32?,33?,41?/m0/s1. The molecule has 5 atom stereocenters. The van der Waals surface area contributed by atoms with E-state index in [0.29, 0.717) is 37.8 Å². The molecule has 0 aromatic heterocycles. The molecule has 2 aromatic rings. The molecule has 4 aliphatic rings. The molecule has 6 rings (SSSR count). The molecular formula is C41H49N7O10S2. The zero-order chi connectivity index (χ0) is 42.8. The van der Waals surface area contributed by atoms with Gasteiger partial charge in [-0.25, -0.2) is 12.7 Å². The lowest BCUT2D eigenvalue weighted by Crippen LogP contribution is -2.54. The molecule has 5 N–H and O–H groups in total. The van der Waals surface area contributed by atoms with E-state index in [9.17, 15) is 42.0 Å². The number of fused-ring (bicyclic) bond motifs is 1. The maximum Gasteiger partial charge on any atom is 0.262 e. The minimum Gasteiger partial charge on any atom is -0.381 e. The van der Waals surface area contributed by atoms with Crippen molar-refractivity contribution in [3.05, 3.63) is 70.8 Å². The summed E-state index contributed by atoms with van der Waals surface area (Å²) in [4.78, 5) is 89.7. The zero-order valence-electron chi connectivity index (χ0n) is 33.2. The fourth-order valence-electron chi connectivity index (χ4n) is 7.31. The molecule has 2 aromatic carbocycles. The largest absolute Gasteiger partial charge is 0.381 e. The minimum absolute atomic E-state index is 0.0387. The van der Waals surface area contributed by atoms with Crippen LogP contribution in [0.5, 0.6) is 0 Å². The van der Waals surface area contributed by atoms with Crippen molar-refractivity contribution in [1.29, 1.82) is 0 Å². The predicted molar refractivity (Wildman–Crippen MR) is 220 cm³/mol. The van der Waals surface area contributed by atoms with Crippen LogP contribution in [-0.4, -0.2) is 121 Å². The highest BCUT2D eigenvalue weighted by molar-refractivity contribution is 8.00. The van der Waals surface area contributed by atoms with Crippen LogP contribution in [0.25, 0.3) is 0 Å². The molecule has 4 aliphatic heterocycles. The predicted octanol–water partition coefficient (Wildman–Crippen LogP) is 0.766. The molecule has 0 aliphatic carbocycles. The summed E-state index contributed by atoms with van der Waals surface area (Å²) in [6, 6.07) is 12.6. The van der Waals surface area contributed by atoms with Gasteiger partial charge in [0.25, 0.3) is 11.8 Å². The SMILES string of the molecule is CS(=O)(=O)N1CCC(C(=O)N[C@@H](CCOCCCC(=O)NCCCC#Cc2ccc3c(c2)C(=O)N(C2CCC(=O)NC2=O)C3=O)C(=O)NC2NC(c3ccccc3)CS2)C1. The average Bonchev–Trinajstić information content (AvgIpc) is 3.97. The van der Waals surface area contributed by atoms with Crippen molar-refractivity contribution in [1.82, 2.24) is 35.8 Å². The average molecular weight is 864 g/mol. The van der Waals surface area contributed by atoms with Crippen molar-refractivity contribution >= 4 is 63.1 Å². The number of ether oxygens (including phenoxy) is 1. The Morgan fingerprint density at radius 1 is 1.00 bits per heavy atom. The number of piperidine rings is 1. The number of thioether (sulfide) groups is 1. The van der Waals surface area contributed by atoms with Crippen LogP contribution in [0.1, 0.15) is 89.3 Å². The number of rotatable bonds is 17. The first-order valence-corrected chi connectivity index (χ1v) is 22.9. The highest BCUT2D eigenvalue weighted by Crippen LogP contribution is 2.29. The molecule has 0 saturated carbocycles. The van der Waals surface area contributed by atoms with E-state index < -0.39 is 57.6 Å². The highest BCUT2D eigenvalue weighted by atomic mass is 32.2. The smallest absolute Gasteiger partial charge is 0.262 e. The van der Waals surface area contributed by atoms with Crippen LogP contribution in [0, 0.1) is 17.8 Å². The van der Waals surface area contributed by atoms with Crippen LogP contribution in [0.15, 0.2) is 48.5 Å². The quantitative estimate of drug-likeness (QED) is 0.0844. The second-order valence-corrected chi connectivity index (χ2v) is 18.1. The normalized spacial score (nSPS) is 22.1. The van der Waals surface area contributed by atoms with Gasteiger partial charge in [0.05, 0.1) is 23.3 Å². The van der Waals surface area contributed by atoms with Crippen molar-refractivity contribution in [2.75, 3.05) is 44.9 Å². The Hall–Kier alpha value is -5.13. The van der Waals surface area contributed by atoms with Crippen LogP contribution in [0.4, 0.5) is 0 Å². The molecule has 4 unspecified atom stereocenters. The number of nitrogens with zero attached hydrogens (tertiary/aromatic N) is 2. The fraction of sp³-hybridized carbons (Fsp3) is 0.488. The summed E-state index contributed by atoms with van der Waals surface area (Å²) in [6.45, 7) is 1.09. The number of hydrogen-bond acceptors (Lipinski definition) is 12. The van der Waals surface area contributed by atoms with Gasteiger partial charge in [0, 0.05) is 69.5 Å². The summed E-state index contributed by atoms with van der Waals surface area (Å²) in [7, 11) is -3.44. The molecule has 60 heavy (non-hydrogen) atoms. The van der Waals surface area contributed by atoms with Gasteiger partial charge < -0.3 is 20.7 Å². The van der Waals surface area contributed by atoms with E-state index in [2.05, 4.69) is 38.4 Å². The molecule has 3 fully saturated rings. The number of sulfonamides is 1. The molecule has 0 bridgehead atoms. The first-order chi connectivity index (χ1) is 28.8. The topological polar surface area (TPSA) is 229 Å². The summed E-state index contributed by atoms with van der Waals surface area (Å²) in [5, 5.41) is 14.2. The number of hydrogen-bond donors (Lipinski definition) is 5. The third kappa shape index (κ3) is 11.6. The number of imide groups is 2. The summed E-state index contributed by atoms with van der Waals surface area (Å²) < 4.78 is 31.0. The van der Waals surface area contributed by atoms with E-state index in [4.69, 9.17) is 4.74 Å². The highest BCUT2D eigenvalue weighted by Gasteiger charge is 2.44. The van der Waals surface area contributed by atoms with Gasteiger partial charge in [-0.05, 0) is 55.9 Å². The summed E-state index contributed by atoms with van der Waals surface area (Å²) >= 11 is 1.55. The Morgan fingerprint density at radius 3 is 2.53 bits per heavy atom. The van der Waals surface area contributed by atoms with Crippen LogP contribution in [0.2, 0.25) is 0 Å². The number of carbonyl (C=O) groups is 7. The third-order valence-corrected chi connectivity index (χ3v) is 13.0. The Morgan fingerprint density at radius 2 is 1.78 bits per heavy atom. The van der Waals surface area contributed by atoms with Crippen molar-refractivity contribution in [3.63, 3.8) is 0 Å². The fourth-order valence-corrected chi connectivity index (χ4v) is 9.33. The third-order valence-electron chi connectivity index (χ3n) is 10.6. The van der Waals surface area contributed by atoms with Gasteiger partial charge in [0.2, 0.25) is 39.6 Å². The molecule has 17 nitrogen and oxygen atoms in total. The number of amides is 7. The number of benzene rings is 2. The van der Waals surface area contributed by atoms with Crippen LogP contribution >= 0.6 is 11.8 Å². The first kappa shape index (κ1) is 44.4. The lowest BCUT2D eigenvalue weighted by atomic mass is 10.0. The number of nitrogens with one attached hydrogen (secondary N) is 5. The summed E-state index contributed by atoms with van der Waals surface area (Å²) in [5.74, 6) is 2.93. The van der Waals surface area contributed by atoms with Gasteiger partial charge in [-0.2, -0.15) is 0 Å². The van der Waals surface area contributed by atoms with Gasteiger partial charge in [-0.1, -0.05) is 42.2 Å². The van der Waals surface area contributed by atoms with Crippen molar-refractivity contribution in [3.8, 4) is 11.8 Å². The number of carbonyl (C=O) groups excluding carboxylic acids is 7. The van der Waals surface area contributed by atoms with E-state index in [1.54, 1.807) is 17.8 Å². The van der Waals surface area contributed by atoms with Crippen molar-refractivity contribution < 1.29 is 46.7 Å². The van der Waals surface area contributed by atoms with Crippen LogP contribution in [-0.2, 0) is 38.7 Å². The van der Waals surface area contributed by atoms with E-state index >= 15 is 0 Å². The Bertz CT molecular complexity index is 2160. The van der Waals surface area contributed by atoms with E-state index in [1.807, 2.05) is 30.3 Å². The second-order valence-electron chi connectivity index (χ2n) is 15.0. The van der Waals surface area contributed by atoms with Gasteiger partial charge >= 0.3 is 0 Å². The van der Waals surface area contributed by atoms with Gasteiger partial charge in [0.1, 0.15) is 17.6 Å². The molecule has 0 radical (unpaired) electrons.